The van der Waals surface area contributed by atoms with Gasteiger partial charge in [0, 0.05) is 12.5 Å². The highest BCUT2D eigenvalue weighted by Crippen LogP contribution is 2.13. The second-order valence-corrected chi connectivity index (χ2v) is 5.34. The summed E-state index contributed by atoms with van der Waals surface area (Å²) in [5.74, 6) is 1.33. The Labute approximate surface area is 121 Å². The Morgan fingerprint density at radius 1 is 1.30 bits per heavy atom. The largest absolute Gasteiger partial charge is 0.497 e. The molecule has 1 atom stereocenters. The van der Waals surface area contributed by atoms with Gasteiger partial charge in [0.05, 0.1) is 7.11 Å². The van der Waals surface area contributed by atoms with Crippen molar-refractivity contribution < 1.29 is 9.53 Å². The number of nitrogens with one attached hydrogen (secondary N) is 1. The number of amides is 1. The molecule has 1 unspecified atom stereocenters. The normalized spacial score (nSPS) is 12.2. The van der Waals surface area contributed by atoms with Crippen LogP contribution >= 0.6 is 0 Å². The highest BCUT2D eigenvalue weighted by molar-refractivity contribution is 5.76. The van der Waals surface area contributed by atoms with Gasteiger partial charge in [0.25, 0.3) is 0 Å². The van der Waals surface area contributed by atoms with E-state index in [1.165, 1.54) is 0 Å². The topological polar surface area (TPSA) is 64.3 Å². The number of aryl methyl sites for hydroxylation is 1. The summed E-state index contributed by atoms with van der Waals surface area (Å²) in [7, 11) is 1.64. The summed E-state index contributed by atoms with van der Waals surface area (Å²) in [4.78, 5) is 12.0. The van der Waals surface area contributed by atoms with Crippen molar-refractivity contribution >= 4 is 5.91 Å². The zero-order chi connectivity index (χ0) is 15.0. The number of hydrogen-bond donors (Lipinski definition) is 2. The van der Waals surface area contributed by atoms with Gasteiger partial charge in [-0.25, -0.2) is 0 Å². The van der Waals surface area contributed by atoms with Gasteiger partial charge < -0.3 is 15.8 Å². The molecule has 1 amide bonds. The van der Waals surface area contributed by atoms with Crippen LogP contribution in [0.15, 0.2) is 24.3 Å². The Morgan fingerprint density at radius 2 is 1.95 bits per heavy atom. The first kappa shape index (κ1) is 16.5. The Kier molecular flexibility index (Phi) is 7.09. The molecule has 3 N–H and O–H groups in total. The number of carbonyl (C=O) groups is 1. The van der Waals surface area contributed by atoms with Crippen molar-refractivity contribution in [3.05, 3.63) is 29.8 Å². The van der Waals surface area contributed by atoms with E-state index >= 15 is 0 Å². The van der Waals surface area contributed by atoms with Crippen LogP contribution in [-0.4, -0.2) is 25.6 Å². The zero-order valence-electron chi connectivity index (χ0n) is 12.7. The van der Waals surface area contributed by atoms with E-state index in [1.807, 2.05) is 24.3 Å². The molecule has 1 rings (SSSR count). The second-order valence-electron chi connectivity index (χ2n) is 5.34. The van der Waals surface area contributed by atoms with Gasteiger partial charge in [0.2, 0.25) is 5.91 Å². The molecular formula is C16H26N2O2. The molecule has 0 aliphatic heterocycles. The van der Waals surface area contributed by atoms with Crippen LogP contribution in [0.2, 0.25) is 0 Å². The Morgan fingerprint density at radius 3 is 2.45 bits per heavy atom. The van der Waals surface area contributed by atoms with Gasteiger partial charge in [-0.05, 0) is 43.0 Å². The number of benzene rings is 1. The molecule has 4 nitrogen and oxygen atoms in total. The molecule has 0 fully saturated rings. The van der Waals surface area contributed by atoms with E-state index in [1.54, 1.807) is 7.11 Å². The maximum absolute atomic E-state index is 12.0. The smallest absolute Gasteiger partial charge is 0.220 e. The zero-order valence-corrected chi connectivity index (χ0v) is 12.7. The van der Waals surface area contributed by atoms with Gasteiger partial charge in [0.15, 0.2) is 0 Å². The van der Waals surface area contributed by atoms with Crippen molar-refractivity contribution in [3.8, 4) is 5.75 Å². The van der Waals surface area contributed by atoms with Crippen LogP contribution in [0.4, 0.5) is 0 Å². The molecule has 0 spiro atoms. The third-order valence-electron chi connectivity index (χ3n) is 3.43. The van der Waals surface area contributed by atoms with E-state index in [4.69, 9.17) is 10.5 Å². The summed E-state index contributed by atoms with van der Waals surface area (Å²) in [5, 5.41) is 3.07. The van der Waals surface area contributed by atoms with Crippen molar-refractivity contribution in [3.63, 3.8) is 0 Å². The van der Waals surface area contributed by atoms with E-state index in [0.29, 0.717) is 18.9 Å². The minimum atomic E-state index is 0.0907. The SMILES string of the molecule is COc1ccc(CCC(=O)NC(CCN)C(C)C)cc1. The number of hydrogen-bond acceptors (Lipinski definition) is 3. The summed E-state index contributed by atoms with van der Waals surface area (Å²) < 4.78 is 5.11. The van der Waals surface area contributed by atoms with Gasteiger partial charge in [-0.15, -0.1) is 0 Å². The maximum Gasteiger partial charge on any atom is 0.220 e. The Bertz CT molecular complexity index is 401. The fourth-order valence-electron chi connectivity index (χ4n) is 2.08. The van der Waals surface area contributed by atoms with Crippen LogP contribution < -0.4 is 15.8 Å². The second kappa shape index (κ2) is 8.59. The molecule has 0 aromatic heterocycles. The van der Waals surface area contributed by atoms with Gasteiger partial charge in [-0.3, -0.25) is 4.79 Å². The highest BCUT2D eigenvalue weighted by atomic mass is 16.5. The van der Waals surface area contributed by atoms with Gasteiger partial charge in [-0.2, -0.15) is 0 Å². The molecule has 0 heterocycles. The van der Waals surface area contributed by atoms with Crippen LogP contribution in [0, 0.1) is 5.92 Å². The van der Waals surface area contributed by atoms with Crippen molar-refractivity contribution in [2.24, 2.45) is 11.7 Å². The summed E-state index contributed by atoms with van der Waals surface area (Å²) in [5.41, 5.74) is 6.71. The van der Waals surface area contributed by atoms with E-state index in [2.05, 4.69) is 19.2 Å². The molecule has 112 valence electrons. The van der Waals surface area contributed by atoms with Crippen LogP contribution in [0.25, 0.3) is 0 Å². The molecule has 1 aromatic rings. The average Bonchev–Trinajstić information content (AvgIpc) is 2.45. The lowest BCUT2D eigenvalue weighted by Gasteiger charge is -2.21. The van der Waals surface area contributed by atoms with E-state index in [-0.39, 0.29) is 11.9 Å². The fraction of sp³-hybridized carbons (Fsp3) is 0.562. The molecule has 0 bridgehead atoms. The Balaban J connectivity index is 2.41. The summed E-state index contributed by atoms with van der Waals surface area (Å²) in [6.07, 6.45) is 2.06. The third-order valence-corrected chi connectivity index (χ3v) is 3.43. The predicted octanol–water partition coefficient (Wildman–Crippen LogP) is 2.12. The minimum Gasteiger partial charge on any atom is -0.497 e. The van der Waals surface area contributed by atoms with Crippen LogP contribution in [-0.2, 0) is 11.2 Å². The monoisotopic (exact) mass is 278 g/mol. The predicted molar refractivity (Wildman–Crippen MR) is 81.8 cm³/mol. The first-order valence-corrected chi connectivity index (χ1v) is 7.19. The molecule has 0 aliphatic carbocycles. The molecular weight excluding hydrogens is 252 g/mol. The molecule has 0 saturated heterocycles. The average molecular weight is 278 g/mol. The lowest BCUT2D eigenvalue weighted by molar-refractivity contribution is -0.122. The van der Waals surface area contributed by atoms with Crippen LogP contribution in [0.5, 0.6) is 5.75 Å². The van der Waals surface area contributed by atoms with Crippen molar-refractivity contribution in [1.29, 1.82) is 0 Å². The van der Waals surface area contributed by atoms with Crippen molar-refractivity contribution in [2.45, 2.75) is 39.2 Å². The summed E-state index contributed by atoms with van der Waals surface area (Å²) in [6, 6.07) is 7.98. The molecule has 0 radical (unpaired) electrons. The minimum absolute atomic E-state index is 0.0907. The first-order valence-electron chi connectivity index (χ1n) is 7.19. The Hall–Kier alpha value is -1.55. The van der Waals surface area contributed by atoms with E-state index in [0.717, 1.165) is 24.2 Å². The van der Waals surface area contributed by atoms with Gasteiger partial charge >= 0.3 is 0 Å². The number of carbonyl (C=O) groups excluding carboxylic acids is 1. The van der Waals surface area contributed by atoms with Gasteiger partial charge in [-0.1, -0.05) is 26.0 Å². The van der Waals surface area contributed by atoms with Crippen LogP contribution in [0.1, 0.15) is 32.3 Å². The van der Waals surface area contributed by atoms with Crippen molar-refractivity contribution in [1.82, 2.24) is 5.32 Å². The van der Waals surface area contributed by atoms with Crippen molar-refractivity contribution in [2.75, 3.05) is 13.7 Å². The van der Waals surface area contributed by atoms with E-state index < -0.39 is 0 Å². The number of rotatable bonds is 8. The molecule has 0 saturated carbocycles. The third kappa shape index (κ3) is 5.61. The van der Waals surface area contributed by atoms with Crippen LogP contribution in [0.3, 0.4) is 0 Å². The molecule has 1 aromatic carbocycles. The van der Waals surface area contributed by atoms with E-state index in [9.17, 15) is 4.79 Å². The first-order chi connectivity index (χ1) is 9.56. The fourth-order valence-corrected chi connectivity index (χ4v) is 2.08. The lowest BCUT2D eigenvalue weighted by atomic mass is 10.0. The number of ether oxygens (including phenoxy) is 1. The highest BCUT2D eigenvalue weighted by Gasteiger charge is 2.14. The summed E-state index contributed by atoms with van der Waals surface area (Å²) in [6.45, 7) is 4.80. The lowest BCUT2D eigenvalue weighted by Crippen LogP contribution is -2.40. The standard InChI is InChI=1S/C16H26N2O2/c1-12(2)15(10-11-17)18-16(19)9-6-13-4-7-14(20-3)8-5-13/h4-5,7-8,12,15H,6,9-11,17H2,1-3H3,(H,18,19). The number of methoxy groups -OCH3 is 1. The molecule has 4 heteroatoms. The van der Waals surface area contributed by atoms with Gasteiger partial charge in [0.1, 0.15) is 5.75 Å². The number of nitrogens with two attached hydrogens (primary N) is 1. The molecule has 20 heavy (non-hydrogen) atoms. The summed E-state index contributed by atoms with van der Waals surface area (Å²) >= 11 is 0. The maximum atomic E-state index is 12.0. The quantitative estimate of drug-likeness (QED) is 0.765. The molecule has 0 aliphatic rings.